The Hall–Kier alpha value is -0.220. The van der Waals surface area contributed by atoms with Crippen LogP contribution in [0.25, 0.3) is 0 Å². The quantitative estimate of drug-likeness (QED) is 0.628. The van der Waals surface area contributed by atoms with Crippen molar-refractivity contribution in [2.45, 2.75) is 44.6 Å². The van der Waals surface area contributed by atoms with E-state index in [4.69, 9.17) is 10.8 Å². The molecule has 0 heterocycles. The Morgan fingerprint density at radius 3 is 2.67 bits per heavy atom. The summed E-state index contributed by atoms with van der Waals surface area (Å²) in [6.07, 6.45) is 5.56. The van der Waals surface area contributed by atoms with Gasteiger partial charge in [0.05, 0.1) is 0 Å². The van der Waals surface area contributed by atoms with E-state index in [0.717, 1.165) is 18.6 Å². The van der Waals surface area contributed by atoms with Crippen LogP contribution in [0.15, 0.2) is 0 Å². The first-order valence-corrected chi connectivity index (χ1v) is 6.86. The van der Waals surface area contributed by atoms with Gasteiger partial charge in [0, 0.05) is 5.75 Å². The molecule has 15 heavy (non-hydrogen) atoms. The molecule has 0 aromatic rings. The summed E-state index contributed by atoms with van der Waals surface area (Å²) in [4.78, 5) is 11.1. The molecule has 1 aliphatic carbocycles. The van der Waals surface area contributed by atoms with Gasteiger partial charge in [-0.05, 0) is 30.9 Å². The van der Waals surface area contributed by atoms with Crippen LogP contribution in [0.5, 0.6) is 0 Å². The van der Waals surface area contributed by atoms with Crippen LogP contribution in [0, 0.1) is 5.92 Å². The second-order valence-electron chi connectivity index (χ2n) is 4.38. The topological polar surface area (TPSA) is 63.3 Å². The second kappa shape index (κ2) is 5.75. The molecule has 0 radical (unpaired) electrons. The number of unbranched alkanes of at least 4 members (excludes halogenated alkanes) is 2. The molecule has 0 saturated heterocycles. The van der Waals surface area contributed by atoms with E-state index >= 15 is 0 Å². The van der Waals surface area contributed by atoms with Crippen LogP contribution in [0.2, 0.25) is 0 Å². The zero-order valence-electron chi connectivity index (χ0n) is 9.37. The fourth-order valence-electron chi connectivity index (χ4n) is 1.65. The fourth-order valence-corrected chi connectivity index (χ4v) is 2.90. The Morgan fingerprint density at radius 2 is 2.20 bits per heavy atom. The van der Waals surface area contributed by atoms with Crippen LogP contribution in [-0.4, -0.2) is 28.1 Å². The van der Waals surface area contributed by atoms with E-state index in [0.29, 0.717) is 5.75 Å². The third-order valence-electron chi connectivity index (χ3n) is 2.94. The summed E-state index contributed by atoms with van der Waals surface area (Å²) in [6.45, 7) is 2.17. The lowest BCUT2D eigenvalue weighted by Gasteiger charge is -2.23. The van der Waals surface area contributed by atoms with E-state index in [2.05, 4.69) is 6.92 Å². The molecule has 3 nitrogen and oxygen atoms in total. The summed E-state index contributed by atoms with van der Waals surface area (Å²) < 4.78 is 0. The lowest BCUT2D eigenvalue weighted by molar-refractivity contribution is -0.143. The molecule has 3 N–H and O–H groups in total. The smallest absolute Gasteiger partial charge is 0.324 e. The van der Waals surface area contributed by atoms with Crippen molar-refractivity contribution in [2.75, 3.05) is 11.5 Å². The summed E-state index contributed by atoms with van der Waals surface area (Å²) in [5, 5.41) is 9.11. The van der Waals surface area contributed by atoms with Gasteiger partial charge in [-0.3, -0.25) is 4.79 Å². The van der Waals surface area contributed by atoms with Crippen LogP contribution in [0.4, 0.5) is 0 Å². The highest BCUT2D eigenvalue weighted by Gasteiger charge is 2.47. The highest BCUT2D eigenvalue weighted by atomic mass is 32.2. The normalized spacial score (nSPS) is 19.9. The van der Waals surface area contributed by atoms with Gasteiger partial charge in [0.25, 0.3) is 0 Å². The molecular weight excluding hydrogens is 210 g/mol. The molecule has 1 unspecified atom stereocenters. The Balaban J connectivity index is 2.23. The summed E-state index contributed by atoms with van der Waals surface area (Å²) in [5.74, 6) is 0.991. The van der Waals surface area contributed by atoms with Gasteiger partial charge in [-0.2, -0.15) is 11.8 Å². The van der Waals surface area contributed by atoms with E-state index in [-0.39, 0.29) is 5.92 Å². The Kier molecular flexibility index (Phi) is 4.93. The van der Waals surface area contributed by atoms with E-state index in [9.17, 15) is 4.79 Å². The number of carboxylic acid groups (broad SMARTS) is 1. The van der Waals surface area contributed by atoms with Crippen LogP contribution in [0.1, 0.15) is 39.0 Å². The predicted molar refractivity (Wildman–Crippen MR) is 64.1 cm³/mol. The van der Waals surface area contributed by atoms with Crippen molar-refractivity contribution in [3.63, 3.8) is 0 Å². The van der Waals surface area contributed by atoms with Gasteiger partial charge in [-0.1, -0.05) is 19.8 Å². The maximum atomic E-state index is 11.1. The number of rotatable bonds is 8. The number of thioether (sulfide) groups is 1. The fraction of sp³-hybridized carbons (Fsp3) is 0.909. The van der Waals surface area contributed by atoms with Gasteiger partial charge in [0.2, 0.25) is 0 Å². The minimum absolute atomic E-state index is 0.216. The highest BCUT2D eigenvalue weighted by molar-refractivity contribution is 7.99. The number of nitrogens with two attached hydrogens (primary N) is 1. The molecule has 1 rings (SSSR count). The molecule has 0 bridgehead atoms. The van der Waals surface area contributed by atoms with Gasteiger partial charge in [0.15, 0.2) is 0 Å². The monoisotopic (exact) mass is 231 g/mol. The first kappa shape index (κ1) is 12.8. The lowest BCUT2D eigenvalue weighted by atomic mass is 9.98. The maximum absolute atomic E-state index is 11.1. The SMILES string of the molecule is CCCCCSCC(N)(C(=O)O)C1CC1. The highest BCUT2D eigenvalue weighted by Crippen LogP contribution is 2.40. The number of carbonyl (C=O) groups is 1. The molecule has 1 aliphatic rings. The lowest BCUT2D eigenvalue weighted by Crippen LogP contribution is -2.52. The standard InChI is InChI=1S/C11H21NO2S/c1-2-3-4-7-15-8-11(12,10(13)14)9-5-6-9/h9H,2-8,12H2,1H3,(H,13,14). The van der Waals surface area contributed by atoms with Crippen molar-refractivity contribution in [1.82, 2.24) is 0 Å². The van der Waals surface area contributed by atoms with Crippen molar-refractivity contribution >= 4 is 17.7 Å². The minimum atomic E-state index is -0.961. The van der Waals surface area contributed by atoms with E-state index in [1.165, 1.54) is 19.3 Å². The zero-order chi connectivity index (χ0) is 11.3. The Morgan fingerprint density at radius 1 is 1.53 bits per heavy atom. The molecule has 0 aliphatic heterocycles. The summed E-state index contributed by atoms with van der Waals surface area (Å²) in [5.41, 5.74) is 4.98. The Bertz CT molecular complexity index is 219. The molecular formula is C11H21NO2S. The van der Waals surface area contributed by atoms with Crippen LogP contribution in [-0.2, 0) is 4.79 Å². The van der Waals surface area contributed by atoms with Crippen LogP contribution >= 0.6 is 11.8 Å². The number of hydrogen-bond donors (Lipinski definition) is 2. The van der Waals surface area contributed by atoms with Crippen molar-refractivity contribution in [3.8, 4) is 0 Å². The average Bonchev–Trinajstić information content (AvgIpc) is 3.00. The molecule has 1 saturated carbocycles. The first-order valence-electron chi connectivity index (χ1n) is 5.71. The first-order chi connectivity index (χ1) is 7.11. The molecule has 88 valence electrons. The zero-order valence-corrected chi connectivity index (χ0v) is 10.2. The summed E-state index contributed by atoms with van der Waals surface area (Å²) in [7, 11) is 0. The Labute approximate surface area is 95.8 Å². The molecule has 0 aromatic heterocycles. The summed E-state index contributed by atoms with van der Waals surface area (Å²) >= 11 is 1.69. The summed E-state index contributed by atoms with van der Waals surface area (Å²) in [6, 6.07) is 0. The number of carboxylic acids is 1. The second-order valence-corrected chi connectivity index (χ2v) is 5.48. The van der Waals surface area contributed by atoms with E-state index in [1.807, 2.05) is 0 Å². The van der Waals surface area contributed by atoms with Gasteiger partial charge in [0.1, 0.15) is 5.54 Å². The molecule has 0 aromatic carbocycles. The van der Waals surface area contributed by atoms with Crippen molar-refractivity contribution in [3.05, 3.63) is 0 Å². The van der Waals surface area contributed by atoms with E-state index in [1.54, 1.807) is 11.8 Å². The van der Waals surface area contributed by atoms with Gasteiger partial charge in [-0.15, -0.1) is 0 Å². The molecule has 1 fully saturated rings. The predicted octanol–water partition coefficient (Wildman–Crippen LogP) is 2.10. The third-order valence-corrected chi connectivity index (χ3v) is 4.20. The van der Waals surface area contributed by atoms with Crippen molar-refractivity contribution in [1.29, 1.82) is 0 Å². The largest absolute Gasteiger partial charge is 0.480 e. The minimum Gasteiger partial charge on any atom is -0.480 e. The van der Waals surface area contributed by atoms with Gasteiger partial charge in [-0.25, -0.2) is 0 Å². The maximum Gasteiger partial charge on any atom is 0.324 e. The molecule has 0 spiro atoms. The van der Waals surface area contributed by atoms with Crippen LogP contribution < -0.4 is 5.73 Å². The number of hydrogen-bond acceptors (Lipinski definition) is 3. The van der Waals surface area contributed by atoms with Crippen molar-refractivity contribution in [2.24, 2.45) is 11.7 Å². The van der Waals surface area contributed by atoms with Gasteiger partial charge < -0.3 is 10.8 Å². The third kappa shape index (κ3) is 3.68. The van der Waals surface area contributed by atoms with Crippen LogP contribution in [0.3, 0.4) is 0 Å². The molecule has 1 atom stereocenters. The average molecular weight is 231 g/mol. The van der Waals surface area contributed by atoms with Crippen molar-refractivity contribution < 1.29 is 9.90 Å². The number of aliphatic carboxylic acids is 1. The molecule has 0 amide bonds. The van der Waals surface area contributed by atoms with Gasteiger partial charge >= 0.3 is 5.97 Å². The molecule has 4 heteroatoms. The van der Waals surface area contributed by atoms with E-state index < -0.39 is 11.5 Å².